The van der Waals surface area contributed by atoms with Gasteiger partial charge in [-0.1, -0.05) is 18.2 Å². The second-order valence-electron chi connectivity index (χ2n) is 8.88. The second kappa shape index (κ2) is 10.5. The van der Waals surface area contributed by atoms with E-state index in [0.29, 0.717) is 18.8 Å². The number of esters is 2. The van der Waals surface area contributed by atoms with Crippen LogP contribution in [0.15, 0.2) is 60.0 Å². The lowest BCUT2D eigenvalue weighted by Crippen LogP contribution is -2.40. The average molecular weight is 470 g/mol. The minimum atomic E-state index is -0.669. The fourth-order valence-electron chi connectivity index (χ4n) is 3.86. The largest absolute Gasteiger partial charge is 0.465 e. The van der Waals surface area contributed by atoms with Crippen molar-refractivity contribution in [2.75, 3.05) is 37.1 Å². The minimum absolute atomic E-state index is 0.0504. The fourth-order valence-corrected chi connectivity index (χ4v) is 3.86. The smallest absolute Gasteiger partial charge is 0.407 e. The molecule has 2 aliphatic rings. The van der Waals surface area contributed by atoms with Crippen molar-refractivity contribution in [3.05, 3.63) is 60.0 Å². The normalized spacial score (nSPS) is 18.0. The molecule has 3 rings (SSSR count). The summed E-state index contributed by atoms with van der Waals surface area (Å²) in [4.78, 5) is 41.2. The molecule has 0 radical (unpaired) electrons. The van der Waals surface area contributed by atoms with Gasteiger partial charge in [-0.25, -0.2) is 14.4 Å². The van der Waals surface area contributed by atoms with Gasteiger partial charge < -0.3 is 29.3 Å². The molecule has 1 unspecified atom stereocenters. The number of benzene rings is 1. The van der Waals surface area contributed by atoms with E-state index in [-0.39, 0.29) is 17.3 Å². The lowest BCUT2D eigenvalue weighted by Gasteiger charge is -2.29. The lowest BCUT2D eigenvalue weighted by molar-refractivity contribution is -0.139. The van der Waals surface area contributed by atoms with Gasteiger partial charge in [-0.2, -0.15) is 0 Å². The zero-order valence-electron chi connectivity index (χ0n) is 20.2. The maximum Gasteiger partial charge on any atom is 0.407 e. The predicted octanol–water partition coefficient (Wildman–Crippen LogP) is 3.28. The number of nitrogens with zero attached hydrogens (tertiary/aromatic N) is 2. The Morgan fingerprint density at radius 3 is 2.32 bits per heavy atom. The summed E-state index contributed by atoms with van der Waals surface area (Å²) in [5.74, 6) is -1.32. The molecule has 2 heterocycles. The summed E-state index contributed by atoms with van der Waals surface area (Å²) in [5, 5.41) is 2.92. The highest BCUT2D eigenvalue weighted by Crippen LogP contribution is 2.36. The maximum atomic E-state index is 12.8. The van der Waals surface area contributed by atoms with Crippen LogP contribution in [-0.4, -0.2) is 57.0 Å². The molecule has 1 amide bonds. The third kappa shape index (κ3) is 5.78. The van der Waals surface area contributed by atoms with Crippen LogP contribution >= 0.6 is 0 Å². The van der Waals surface area contributed by atoms with E-state index >= 15 is 0 Å². The van der Waals surface area contributed by atoms with Crippen LogP contribution in [-0.2, 0) is 23.8 Å². The number of carbonyl (C=O) groups excluding carboxylic acids is 3. The molecule has 1 N–H and O–H groups in total. The Bertz CT molecular complexity index is 1040. The van der Waals surface area contributed by atoms with Gasteiger partial charge in [0, 0.05) is 19.3 Å². The zero-order valence-corrected chi connectivity index (χ0v) is 20.2. The number of para-hydroxylation sites is 2. The standard InChI is InChI=1S/C25H31N3O6/c1-25(2,3)34-24(31)26-17-13-15-27(16-17)19-11-6-7-12-20(19)28-14-9-8-10-18(22(29)32-4)21(28)23(30)33-5/h6-12,14,17H,13,15-16H2,1-5H3,(H,26,31). The van der Waals surface area contributed by atoms with E-state index in [9.17, 15) is 14.4 Å². The van der Waals surface area contributed by atoms with Crippen molar-refractivity contribution in [2.24, 2.45) is 0 Å². The number of alkyl carbamates (subject to hydrolysis) is 1. The van der Waals surface area contributed by atoms with E-state index in [1.807, 2.05) is 45.0 Å². The van der Waals surface area contributed by atoms with Gasteiger partial charge in [-0.15, -0.1) is 0 Å². The molecule has 1 fully saturated rings. The Labute approximate surface area is 199 Å². The van der Waals surface area contributed by atoms with Crippen LogP contribution in [0.4, 0.5) is 16.2 Å². The third-order valence-electron chi connectivity index (χ3n) is 5.28. The molecule has 182 valence electrons. The second-order valence-corrected chi connectivity index (χ2v) is 8.88. The molecule has 1 atom stereocenters. The van der Waals surface area contributed by atoms with Gasteiger partial charge in [-0.3, -0.25) is 0 Å². The van der Waals surface area contributed by atoms with Crippen molar-refractivity contribution in [1.82, 2.24) is 5.32 Å². The molecular formula is C25H31N3O6. The summed E-state index contributed by atoms with van der Waals surface area (Å²) in [6.07, 6.45) is 6.89. The number of nitrogens with one attached hydrogen (secondary N) is 1. The Morgan fingerprint density at radius 1 is 1.00 bits per heavy atom. The molecule has 9 nitrogen and oxygen atoms in total. The summed E-state index contributed by atoms with van der Waals surface area (Å²) >= 11 is 0. The van der Waals surface area contributed by atoms with Gasteiger partial charge in [-0.05, 0) is 51.5 Å². The number of amides is 1. The number of anilines is 2. The maximum absolute atomic E-state index is 12.8. The molecule has 9 heteroatoms. The van der Waals surface area contributed by atoms with Crippen molar-refractivity contribution in [3.8, 4) is 0 Å². The number of allylic oxidation sites excluding steroid dienone is 2. The number of hydrogen-bond donors (Lipinski definition) is 1. The molecule has 0 aromatic heterocycles. The molecule has 1 aromatic carbocycles. The molecule has 1 saturated heterocycles. The van der Waals surface area contributed by atoms with Gasteiger partial charge in [0.05, 0.1) is 37.2 Å². The van der Waals surface area contributed by atoms with Crippen LogP contribution in [0.1, 0.15) is 27.2 Å². The number of carbonyl (C=O) groups is 3. The van der Waals surface area contributed by atoms with Crippen LogP contribution in [0.2, 0.25) is 0 Å². The summed E-state index contributed by atoms with van der Waals surface area (Å²) in [5.41, 5.74) is 1.08. The van der Waals surface area contributed by atoms with Gasteiger partial charge >= 0.3 is 18.0 Å². The van der Waals surface area contributed by atoms with E-state index in [2.05, 4.69) is 10.2 Å². The first-order valence-corrected chi connectivity index (χ1v) is 11.0. The number of methoxy groups -OCH3 is 2. The van der Waals surface area contributed by atoms with E-state index in [1.165, 1.54) is 20.3 Å². The van der Waals surface area contributed by atoms with Crippen LogP contribution in [0.25, 0.3) is 0 Å². The molecule has 2 aliphatic heterocycles. The van der Waals surface area contributed by atoms with Crippen molar-refractivity contribution < 1.29 is 28.6 Å². The monoisotopic (exact) mass is 469 g/mol. The SMILES string of the molecule is COC(=O)C1=C(C(=O)OC)N(c2ccccc2N2CCC(NC(=O)OC(C)(C)C)C2)C=CC=C1. The van der Waals surface area contributed by atoms with Crippen molar-refractivity contribution >= 4 is 29.4 Å². The van der Waals surface area contributed by atoms with Crippen LogP contribution in [0, 0.1) is 0 Å². The first-order chi connectivity index (χ1) is 16.1. The molecule has 0 spiro atoms. The molecule has 34 heavy (non-hydrogen) atoms. The number of ether oxygens (including phenoxy) is 3. The number of hydrogen-bond acceptors (Lipinski definition) is 8. The van der Waals surface area contributed by atoms with Crippen LogP contribution in [0.3, 0.4) is 0 Å². The molecular weight excluding hydrogens is 438 g/mol. The Kier molecular flexibility index (Phi) is 7.65. The minimum Gasteiger partial charge on any atom is -0.465 e. The highest BCUT2D eigenvalue weighted by Gasteiger charge is 2.32. The Morgan fingerprint density at radius 2 is 1.68 bits per heavy atom. The van der Waals surface area contributed by atoms with Gasteiger partial charge in [0.25, 0.3) is 0 Å². The van der Waals surface area contributed by atoms with Crippen molar-refractivity contribution in [2.45, 2.75) is 38.8 Å². The Balaban J connectivity index is 1.92. The van der Waals surface area contributed by atoms with E-state index in [0.717, 1.165) is 12.1 Å². The molecule has 0 aliphatic carbocycles. The molecule has 1 aromatic rings. The van der Waals surface area contributed by atoms with Crippen molar-refractivity contribution in [1.29, 1.82) is 0 Å². The zero-order chi connectivity index (χ0) is 24.9. The van der Waals surface area contributed by atoms with Gasteiger partial charge in [0.1, 0.15) is 11.3 Å². The summed E-state index contributed by atoms with van der Waals surface area (Å²) in [7, 11) is 2.52. The molecule has 0 bridgehead atoms. The predicted molar refractivity (Wildman–Crippen MR) is 128 cm³/mol. The lowest BCUT2D eigenvalue weighted by atomic mass is 10.1. The molecule has 0 saturated carbocycles. The van der Waals surface area contributed by atoms with E-state index in [1.54, 1.807) is 23.3 Å². The van der Waals surface area contributed by atoms with Crippen LogP contribution in [0.5, 0.6) is 0 Å². The summed E-state index contributed by atoms with van der Waals surface area (Å²) < 4.78 is 15.3. The van der Waals surface area contributed by atoms with Gasteiger partial charge in [0.15, 0.2) is 0 Å². The highest BCUT2D eigenvalue weighted by atomic mass is 16.6. The topological polar surface area (TPSA) is 97.4 Å². The van der Waals surface area contributed by atoms with E-state index in [4.69, 9.17) is 14.2 Å². The van der Waals surface area contributed by atoms with Crippen molar-refractivity contribution in [3.63, 3.8) is 0 Å². The highest BCUT2D eigenvalue weighted by molar-refractivity contribution is 6.06. The first-order valence-electron chi connectivity index (χ1n) is 11.0. The van der Waals surface area contributed by atoms with E-state index < -0.39 is 23.6 Å². The quantitative estimate of drug-likeness (QED) is 0.518. The average Bonchev–Trinajstić information content (AvgIpc) is 3.13. The summed E-state index contributed by atoms with van der Waals surface area (Å²) in [6.45, 7) is 6.72. The summed E-state index contributed by atoms with van der Waals surface area (Å²) in [6, 6.07) is 7.45. The van der Waals surface area contributed by atoms with Gasteiger partial charge in [0.2, 0.25) is 0 Å². The Hall–Kier alpha value is -3.75. The van der Waals surface area contributed by atoms with Crippen LogP contribution < -0.4 is 15.1 Å². The first kappa shape index (κ1) is 24.9. The number of rotatable bonds is 5. The fraction of sp³-hybridized carbons (Fsp3) is 0.400. The third-order valence-corrected chi connectivity index (χ3v) is 5.28.